The molecule has 1 aromatic heterocycles. The van der Waals surface area contributed by atoms with Crippen LogP contribution in [-0.2, 0) is 9.59 Å². The van der Waals surface area contributed by atoms with Gasteiger partial charge in [-0.1, -0.05) is 0 Å². The van der Waals surface area contributed by atoms with Crippen LogP contribution >= 0.6 is 0 Å². The second-order valence-electron chi connectivity index (χ2n) is 8.01. The third kappa shape index (κ3) is 1.66. The second-order valence-corrected chi connectivity index (χ2v) is 8.01. The fraction of sp³-hybridized carbons (Fsp3) is 0.450. The first-order chi connectivity index (χ1) is 12.1. The van der Waals surface area contributed by atoms with Crippen molar-refractivity contribution in [3.8, 4) is 0 Å². The molecule has 5 heteroatoms. The summed E-state index contributed by atoms with van der Waals surface area (Å²) in [7, 11) is 0. The van der Waals surface area contributed by atoms with E-state index in [-0.39, 0.29) is 23.7 Å². The molecule has 2 heterocycles. The van der Waals surface area contributed by atoms with E-state index in [0.29, 0.717) is 34.9 Å². The summed E-state index contributed by atoms with van der Waals surface area (Å²) >= 11 is 0. The molecule has 0 unspecified atom stereocenters. The number of imide groups is 1. The highest BCUT2D eigenvalue weighted by molar-refractivity contribution is 6.22. The SMILES string of the molecule is O=C1[C@@H]2[C@@H]3CC[C@@H]([C@H]4C[C@H]43)[C@@H]2C(=O)N1c1ccc2oc(=O)ccc2c1. The maximum absolute atomic E-state index is 13.1. The molecule has 4 saturated carbocycles. The summed E-state index contributed by atoms with van der Waals surface area (Å²) in [5.41, 5.74) is 0.656. The normalized spacial score (nSPS) is 38.2. The predicted molar refractivity (Wildman–Crippen MR) is 89.8 cm³/mol. The van der Waals surface area contributed by atoms with Crippen molar-refractivity contribution in [2.75, 3.05) is 4.90 Å². The van der Waals surface area contributed by atoms with Gasteiger partial charge in [0.05, 0.1) is 17.5 Å². The number of anilines is 1. The molecule has 0 radical (unpaired) electrons. The van der Waals surface area contributed by atoms with Gasteiger partial charge >= 0.3 is 5.63 Å². The van der Waals surface area contributed by atoms with E-state index in [9.17, 15) is 14.4 Å². The molecule has 1 aliphatic heterocycles. The summed E-state index contributed by atoms with van der Waals surface area (Å²) in [6.45, 7) is 0. The number of nitrogens with zero attached hydrogens (tertiary/aromatic N) is 1. The Kier molecular flexibility index (Phi) is 2.43. The van der Waals surface area contributed by atoms with Crippen LogP contribution in [0.5, 0.6) is 0 Å². The van der Waals surface area contributed by atoms with Crippen molar-refractivity contribution < 1.29 is 14.0 Å². The molecule has 2 aromatic rings. The molecule has 1 aromatic carbocycles. The van der Waals surface area contributed by atoms with Gasteiger partial charge in [-0.05, 0) is 67.2 Å². The Balaban J connectivity index is 1.45. The smallest absolute Gasteiger partial charge is 0.336 e. The van der Waals surface area contributed by atoms with Crippen LogP contribution in [0.25, 0.3) is 11.0 Å². The summed E-state index contributed by atoms with van der Waals surface area (Å²) in [6.07, 6.45) is 3.42. The third-order valence-corrected chi connectivity index (χ3v) is 7.01. The zero-order chi connectivity index (χ0) is 16.9. The van der Waals surface area contributed by atoms with Gasteiger partial charge in [-0.15, -0.1) is 0 Å². The maximum atomic E-state index is 13.1. The van der Waals surface area contributed by atoms with Crippen molar-refractivity contribution >= 4 is 28.5 Å². The van der Waals surface area contributed by atoms with Crippen molar-refractivity contribution in [2.24, 2.45) is 35.5 Å². The number of amides is 2. The summed E-state index contributed by atoms with van der Waals surface area (Å²) in [5.74, 6) is 1.90. The molecule has 2 amide bonds. The molecule has 7 rings (SSSR count). The molecule has 1 saturated heterocycles. The minimum Gasteiger partial charge on any atom is -0.423 e. The fourth-order valence-electron chi connectivity index (χ4n) is 5.99. The topological polar surface area (TPSA) is 67.6 Å². The Morgan fingerprint density at radius 3 is 2.20 bits per heavy atom. The number of carbonyl (C=O) groups excluding carboxylic acids is 2. The first-order valence-electron chi connectivity index (χ1n) is 9.05. The maximum Gasteiger partial charge on any atom is 0.336 e. The van der Waals surface area contributed by atoms with Gasteiger partial charge in [0.1, 0.15) is 5.58 Å². The molecule has 0 N–H and O–H groups in total. The van der Waals surface area contributed by atoms with E-state index in [1.807, 2.05) is 0 Å². The molecule has 6 atom stereocenters. The summed E-state index contributed by atoms with van der Waals surface area (Å²) < 4.78 is 5.15. The highest BCUT2D eigenvalue weighted by Crippen LogP contribution is 2.68. The molecule has 2 bridgehead atoms. The Morgan fingerprint density at radius 2 is 1.52 bits per heavy atom. The largest absolute Gasteiger partial charge is 0.423 e. The van der Waals surface area contributed by atoms with E-state index in [0.717, 1.165) is 18.2 Å². The quantitative estimate of drug-likeness (QED) is 0.593. The van der Waals surface area contributed by atoms with E-state index in [1.54, 1.807) is 24.3 Å². The van der Waals surface area contributed by atoms with E-state index < -0.39 is 5.63 Å². The lowest BCUT2D eigenvalue weighted by Crippen LogP contribution is -2.43. The Morgan fingerprint density at radius 1 is 0.840 bits per heavy atom. The van der Waals surface area contributed by atoms with Gasteiger partial charge in [-0.2, -0.15) is 0 Å². The van der Waals surface area contributed by atoms with Crippen molar-refractivity contribution in [3.05, 3.63) is 40.8 Å². The highest BCUT2D eigenvalue weighted by atomic mass is 16.4. The highest BCUT2D eigenvalue weighted by Gasteiger charge is 2.68. The van der Waals surface area contributed by atoms with Gasteiger partial charge in [-0.3, -0.25) is 14.5 Å². The van der Waals surface area contributed by atoms with Crippen LogP contribution in [0.1, 0.15) is 19.3 Å². The Labute approximate surface area is 143 Å². The zero-order valence-corrected chi connectivity index (χ0v) is 13.6. The second kappa shape index (κ2) is 4.40. The molecule has 126 valence electrons. The van der Waals surface area contributed by atoms with Crippen molar-refractivity contribution in [2.45, 2.75) is 19.3 Å². The lowest BCUT2D eigenvalue weighted by atomic mass is 9.59. The number of rotatable bonds is 1. The van der Waals surface area contributed by atoms with Gasteiger partial charge in [0.2, 0.25) is 11.8 Å². The molecule has 5 nitrogen and oxygen atoms in total. The van der Waals surface area contributed by atoms with Gasteiger partial charge in [0.15, 0.2) is 0 Å². The van der Waals surface area contributed by atoms with Gasteiger partial charge in [-0.25, -0.2) is 4.79 Å². The lowest BCUT2D eigenvalue weighted by Gasteiger charge is -2.42. The Hall–Kier alpha value is -2.43. The standard InChI is InChI=1S/C20H17NO4/c22-16-6-1-9-7-10(2-5-15(9)25-16)21-19(23)17-11-3-4-12(14-8-13(11)14)18(17)20(21)24/h1-2,5-7,11-14,17-18H,3-4,8H2/t11-,12+,13+,14-,17-,18+. The number of hydrogen-bond acceptors (Lipinski definition) is 4. The third-order valence-electron chi connectivity index (χ3n) is 7.01. The van der Waals surface area contributed by atoms with Crippen LogP contribution in [0.15, 0.2) is 39.5 Å². The Bertz CT molecular complexity index is 974. The van der Waals surface area contributed by atoms with Crippen LogP contribution < -0.4 is 10.5 Å². The molecule has 5 fully saturated rings. The van der Waals surface area contributed by atoms with Crippen LogP contribution in [0.2, 0.25) is 0 Å². The molecule has 4 aliphatic carbocycles. The van der Waals surface area contributed by atoms with Crippen LogP contribution in [0, 0.1) is 35.5 Å². The first kappa shape index (κ1) is 13.8. The van der Waals surface area contributed by atoms with Crippen LogP contribution in [0.4, 0.5) is 5.69 Å². The van der Waals surface area contributed by atoms with E-state index in [2.05, 4.69) is 0 Å². The number of benzene rings is 1. The van der Waals surface area contributed by atoms with Gasteiger partial charge in [0, 0.05) is 11.5 Å². The lowest BCUT2D eigenvalue weighted by molar-refractivity contribution is -0.129. The van der Waals surface area contributed by atoms with Crippen LogP contribution in [-0.4, -0.2) is 11.8 Å². The van der Waals surface area contributed by atoms with Crippen molar-refractivity contribution in [1.29, 1.82) is 0 Å². The molecule has 0 spiro atoms. The molecule has 5 aliphatic rings. The van der Waals surface area contributed by atoms with Crippen molar-refractivity contribution in [1.82, 2.24) is 0 Å². The number of hydrogen-bond donors (Lipinski definition) is 0. The monoisotopic (exact) mass is 335 g/mol. The van der Waals surface area contributed by atoms with Gasteiger partial charge < -0.3 is 4.42 Å². The number of carbonyl (C=O) groups is 2. The molecule has 25 heavy (non-hydrogen) atoms. The summed E-state index contributed by atoms with van der Waals surface area (Å²) in [6, 6.07) is 8.17. The predicted octanol–water partition coefficient (Wildman–Crippen LogP) is 2.57. The average molecular weight is 335 g/mol. The first-order valence-corrected chi connectivity index (χ1v) is 9.05. The van der Waals surface area contributed by atoms with Crippen molar-refractivity contribution in [3.63, 3.8) is 0 Å². The minimum absolute atomic E-state index is 0.0215. The van der Waals surface area contributed by atoms with Gasteiger partial charge in [0.25, 0.3) is 0 Å². The zero-order valence-electron chi connectivity index (χ0n) is 13.6. The van der Waals surface area contributed by atoms with E-state index in [1.165, 1.54) is 17.4 Å². The van der Waals surface area contributed by atoms with E-state index in [4.69, 9.17) is 4.42 Å². The summed E-state index contributed by atoms with van der Waals surface area (Å²) in [4.78, 5) is 39.0. The molecular weight excluding hydrogens is 318 g/mol. The van der Waals surface area contributed by atoms with E-state index >= 15 is 0 Å². The fourth-order valence-corrected chi connectivity index (χ4v) is 5.99. The number of fused-ring (bicyclic) bond motifs is 2. The minimum atomic E-state index is -0.407. The average Bonchev–Trinajstić information content (AvgIpc) is 3.39. The van der Waals surface area contributed by atoms with Crippen LogP contribution in [0.3, 0.4) is 0 Å². The summed E-state index contributed by atoms with van der Waals surface area (Å²) in [5, 5.41) is 0.721. The molecular formula is C20H17NO4.